The fourth-order valence-corrected chi connectivity index (χ4v) is 2.11. The second kappa shape index (κ2) is 7.18. The van der Waals surface area contributed by atoms with E-state index < -0.39 is 0 Å². The lowest BCUT2D eigenvalue weighted by atomic mass is 10.2. The molecule has 0 saturated heterocycles. The highest BCUT2D eigenvalue weighted by Crippen LogP contribution is 2.25. The van der Waals surface area contributed by atoms with Gasteiger partial charge in [-0.15, -0.1) is 0 Å². The molecule has 0 bridgehead atoms. The van der Waals surface area contributed by atoms with Gasteiger partial charge in [-0.3, -0.25) is 0 Å². The normalized spacial score (nSPS) is 10.9. The summed E-state index contributed by atoms with van der Waals surface area (Å²) >= 11 is 0. The van der Waals surface area contributed by atoms with Gasteiger partial charge in [0, 0.05) is 31.0 Å². The van der Waals surface area contributed by atoms with Gasteiger partial charge in [0.05, 0.1) is 0 Å². The standard InChI is InChI=1S/C17H22FN3/c1-13(2)11-19-12-14-9-10-20-17(16(14)18)21(3)15-7-5-4-6-8-15/h4-10,13,19H,11-12H2,1-3H3. The molecule has 2 aromatic rings. The van der Waals surface area contributed by atoms with Crippen LogP contribution in [0.15, 0.2) is 42.6 Å². The first kappa shape index (κ1) is 15.4. The first-order chi connectivity index (χ1) is 10.1. The van der Waals surface area contributed by atoms with Crippen molar-refractivity contribution in [2.75, 3.05) is 18.5 Å². The van der Waals surface area contributed by atoms with Gasteiger partial charge in [-0.2, -0.15) is 0 Å². The maximum Gasteiger partial charge on any atom is 0.170 e. The Labute approximate surface area is 125 Å². The quantitative estimate of drug-likeness (QED) is 0.877. The second-order valence-electron chi connectivity index (χ2n) is 5.53. The molecule has 112 valence electrons. The summed E-state index contributed by atoms with van der Waals surface area (Å²) in [7, 11) is 1.83. The first-order valence-corrected chi connectivity index (χ1v) is 7.22. The van der Waals surface area contributed by atoms with Gasteiger partial charge in [-0.05, 0) is 30.7 Å². The minimum absolute atomic E-state index is 0.264. The van der Waals surface area contributed by atoms with Crippen molar-refractivity contribution in [3.05, 3.63) is 54.0 Å². The molecule has 0 saturated carbocycles. The number of nitrogens with zero attached hydrogens (tertiary/aromatic N) is 2. The van der Waals surface area contributed by atoms with Gasteiger partial charge in [0.25, 0.3) is 0 Å². The largest absolute Gasteiger partial charge is 0.327 e. The Bertz CT molecular complexity index is 570. The minimum Gasteiger partial charge on any atom is -0.327 e. The summed E-state index contributed by atoms with van der Waals surface area (Å²) < 4.78 is 14.6. The number of anilines is 2. The summed E-state index contributed by atoms with van der Waals surface area (Å²) in [5, 5.41) is 3.26. The molecule has 0 aliphatic carbocycles. The zero-order valence-electron chi connectivity index (χ0n) is 12.8. The molecule has 3 nitrogen and oxygen atoms in total. The van der Waals surface area contributed by atoms with E-state index in [4.69, 9.17) is 0 Å². The Morgan fingerprint density at radius 3 is 2.57 bits per heavy atom. The SMILES string of the molecule is CC(C)CNCc1ccnc(N(C)c2ccccc2)c1F. The van der Waals surface area contributed by atoms with Crippen molar-refractivity contribution in [3.63, 3.8) is 0 Å². The van der Waals surface area contributed by atoms with Crippen molar-refractivity contribution >= 4 is 11.5 Å². The average molecular weight is 287 g/mol. The Hall–Kier alpha value is -1.94. The third-order valence-electron chi connectivity index (χ3n) is 3.28. The van der Waals surface area contributed by atoms with Crippen molar-refractivity contribution in [1.82, 2.24) is 10.3 Å². The molecule has 0 atom stereocenters. The van der Waals surface area contributed by atoms with Crippen LogP contribution in [0.3, 0.4) is 0 Å². The van der Waals surface area contributed by atoms with Crippen molar-refractivity contribution in [3.8, 4) is 0 Å². The average Bonchev–Trinajstić information content (AvgIpc) is 2.49. The van der Waals surface area contributed by atoms with Crippen LogP contribution in [0.4, 0.5) is 15.9 Å². The van der Waals surface area contributed by atoms with E-state index in [-0.39, 0.29) is 5.82 Å². The first-order valence-electron chi connectivity index (χ1n) is 7.22. The minimum atomic E-state index is -0.264. The van der Waals surface area contributed by atoms with Crippen LogP contribution in [0.2, 0.25) is 0 Å². The van der Waals surface area contributed by atoms with Crippen LogP contribution in [-0.2, 0) is 6.54 Å². The molecule has 0 radical (unpaired) electrons. The Morgan fingerprint density at radius 2 is 1.90 bits per heavy atom. The van der Waals surface area contributed by atoms with Crippen LogP contribution >= 0.6 is 0 Å². The molecule has 1 N–H and O–H groups in total. The summed E-state index contributed by atoms with van der Waals surface area (Å²) in [4.78, 5) is 5.95. The van der Waals surface area contributed by atoms with Gasteiger partial charge >= 0.3 is 0 Å². The predicted molar refractivity (Wildman–Crippen MR) is 85.2 cm³/mol. The third-order valence-corrected chi connectivity index (χ3v) is 3.28. The van der Waals surface area contributed by atoms with Gasteiger partial charge in [-0.1, -0.05) is 32.0 Å². The number of halogens is 1. The van der Waals surface area contributed by atoms with Gasteiger partial charge in [0.15, 0.2) is 11.6 Å². The third kappa shape index (κ3) is 4.02. The molecule has 0 aliphatic rings. The van der Waals surface area contributed by atoms with Crippen LogP contribution < -0.4 is 10.2 Å². The molecule has 1 aromatic heterocycles. The number of rotatable bonds is 6. The fraction of sp³-hybridized carbons (Fsp3) is 0.353. The summed E-state index contributed by atoms with van der Waals surface area (Å²) in [5.41, 5.74) is 1.56. The van der Waals surface area contributed by atoms with Gasteiger partial charge in [-0.25, -0.2) is 9.37 Å². The van der Waals surface area contributed by atoms with Crippen LogP contribution in [0, 0.1) is 11.7 Å². The zero-order chi connectivity index (χ0) is 15.2. The Morgan fingerprint density at radius 1 is 1.19 bits per heavy atom. The number of pyridine rings is 1. The number of benzene rings is 1. The topological polar surface area (TPSA) is 28.2 Å². The number of aromatic nitrogens is 1. The smallest absolute Gasteiger partial charge is 0.170 e. The summed E-state index contributed by atoms with van der Waals surface area (Å²) in [6.07, 6.45) is 1.66. The van der Waals surface area contributed by atoms with Gasteiger partial charge in [0.2, 0.25) is 0 Å². The monoisotopic (exact) mass is 287 g/mol. The number of para-hydroxylation sites is 1. The van der Waals surface area contributed by atoms with Gasteiger partial charge in [0.1, 0.15) is 0 Å². The lowest BCUT2D eigenvalue weighted by Crippen LogP contribution is -2.21. The molecule has 2 rings (SSSR count). The lowest BCUT2D eigenvalue weighted by Gasteiger charge is -2.20. The van der Waals surface area contributed by atoms with Crippen molar-refractivity contribution in [2.45, 2.75) is 20.4 Å². The van der Waals surface area contributed by atoms with E-state index in [9.17, 15) is 4.39 Å². The van der Waals surface area contributed by atoms with E-state index in [0.29, 0.717) is 23.8 Å². The van der Waals surface area contributed by atoms with Crippen molar-refractivity contribution in [1.29, 1.82) is 0 Å². The molecule has 1 heterocycles. The summed E-state index contributed by atoms with van der Waals surface area (Å²) in [6, 6.07) is 11.4. The highest BCUT2D eigenvalue weighted by molar-refractivity contribution is 5.59. The fourth-order valence-electron chi connectivity index (χ4n) is 2.11. The van der Waals surface area contributed by atoms with E-state index in [1.165, 1.54) is 0 Å². The molecule has 0 unspecified atom stereocenters. The van der Waals surface area contributed by atoms with Crippen LogP contribution in [0.25, 0.3) is 0 Å². The van der Waals surface area contributed by atoms with E-state index in [0.717, 1.165) is 12.2 Å². The molecule has 0 fully saturated rings. The molecule has 0 spiro atoms. The Kier molecular flexibility index (Phi) is 5.28. The maximum absolute atomic E-state index is 14.6. The highest BCUT2D eigenvalue weighted by atomic mass is 19.1. The summed E-state index contributed by atoms with van der Waals surface area (Å²) in [5.74, 6) is 0.631. The maximum atomic E-state index is 14.6. The molecule has 0 aliphatic heterocycles. The lowest BCUT2D eigenvalue weighted by molar-refractivity contribution is 0.533. The molecule has 0 amide bonds. The van der Waals surface area contributed by atoms with Crippen LogP contribution in [0.1, 0.15) is 19.4 Å². The number of hydrogen-bond donors (Lipinski definition) is 1. The molecular formula is C17H22FN3. The molecule has 1 aromatic carbocycles. The van der Waals surface area contributed by atoms with E-state index in [2.05, 4.69) is 24.1 Å². The molecule has 4 heteroatoms. The zero-order valence-corrected chi connectivity index (χ0v) is 12.8. The second-order valence-corrected chi connectivity index (χ2v) is 5.53. The van der Waals surface area contributed by atoms with Crippen molar-refractivity contribution in [2.24, 2.45) is 5.92 Å². The number of nitrogens with one attached hydrogen (secondary N) is 1. The van der Waals surface area contributed by atoms with Crippen LogP contribution in [0.5, 0.6) is 0 Å². The highest BCUT2D eigenvalue weighted by Gasteiger charge is 2.14. The van der Waals surface area contributed by atoms with E-state index in [1.807, 2.05) is 37.4 Å². The van der Waals surface area contributed by atoms with Crippen LogP contribution in [-0.4, -0.2) is 18.6 Å². The van der Waals surface area contributed by atoms with Gasteiger partial charge < -0.3 is 10.2 Å². The molecule has 21 heavy (non-hydrogen) atoms. The van der Waals surface area contributed by atoms with Crippen molar-refractivity contribution < 1.29 is 4.39 Å². The van der Waals surface area contributed by atoms with E-state index in [1.54, 1.807) is 17.2 Å². The summed E-state index contributed by atoms with van der Waals surface area (Å²) in [6.45, 7) is 5.64. The Balaban J connectivity index is 2.17. The van der Waals surface area contributed by atoms with E-state index >= 15 is 0 Å². The number of hydrogen-bond acceptors (Lipinski definition) is 3. The molecular weight excluding hydrogens is 265 g/mol. The predicted octanol–water partition coefficient (Wildman–Crippen LogP) is 3.73.